The van der Waals surface area contributed by atoms with Crippen LogP contribution >= 0.6 is 0 Å². The lowest BCUT2D eigenvalue weighted by Gasteiger charge is -2.24. The summed E-state index contributed by atoms with van der Waals surface area (Å²) in [6.45, 7) is 3.16. The number of aromatic nitrogens is 3. The summed E-state index contributed by atoms with van der Waals surface area (Å²) < 4.78 is 30.6. The zero-order valence-corrected chi connectivity index (χ0v) is 14.8. The Bertz CT molecular complexity index is 1030. The molecule has 1 aromatic carbocycles. The zero-order chi connectivity index (χ0) is 17.4. The van der Waals surface area contributed by atoms with Crippen molar-refractivity contribution in [3.8, 4) is 0 Å². The predicted octanol–water partition coefficient (Wildman–Crippen LogP) is 2.28. The molecule has 0 fully saturated rings. The van der Waals surface area contributed by atoms with E-state index in [1.165, 1.54) is 0 Å². The van der Waals surface area contributed by atoms with E-state index >= 15 is 0 Å². The quantitative estimate of drug-likeness (QED) is 0.778. The van der Waals surface area contributed by atoms with E-state index in [1.807, 2.05) is 25.3 Å². The van der Waals surface area contributed by atoms with Crippen LogP contribution in [-0.4, -0.2) is 29.5 Å². The third kappa shape index (κ3) is 3.05. The monoisotopic (exact) mass is 356 g/mol. The van der Waals surface area contributed by atoms with E-state index in [0.717, 1.165) is 36.3 Å². The van der Waals surface area contributed by atoms with Gasteiger partial charge in [0.15, 0.2) is 0 Å². The van der Waals surface area contributed by atoms with Crippen molar-refractivity contribution in [2.24, 2.45) is 5.92 Å². The van der Waals surface area contributed by atoms with Crippen molar-refractivity contribution in [3.05, 3.63) is 54.2 Å². The van der Waals surface area contributed by atoms with E-state index in [0.29, 0.717) is 16.8 Å². The van der Waals surface area contributed by atoms with Crippen LogP contribution in [0.3, 0.4) is 0 Å². The number of rotatable bonds is 4. The molecule has 2 aromatic heterocycles. The summed E-state index contributed by atoms with van der Waals surface area (Å²) in [5.74, 6) is 1.35. The van der Waals surface area contributed by atoms with Gasteiger partial charge in [0.25, 0.3) is 0 Å². The molecule has 7 heteroatoms. The number of benzene rings is 1. The molecule has 1 aliphatic rings. The summed E-state index contributed by atoms with van der Waals surface area (Å²) >= 11 is 0. The number of imidazole rings is 1. The molecular formula is C18H20N4O2S. The largest absolute Gasteiger partial charge is 0.335 e. The second-order valence-corrected chi connectivity index (χ2v) is 8.27. The van der Waals surface area contributed by atoms with Gasteiger partial charge in [-0.3, -0.25) is 4.98 Å². The van der Waals surface area contributed by atoms with E-state index < -0.39 is 10.0 Å². The molecular weight excluding hydrogens is 336 g/mol. The molecule has 0 radical (unpaired) electrons. The Kier molecular flexibility index (Phi) is 4.05. The molecule has 0 bridgehead atoms. The minimum absolute atomic E-state index is 0.270. The molecule has 0 amide bonds. The predicted molar refractivity (Wildman–Crippen MR) is 95.7 cm³/mol. The van der Waals surface area contributed by atoms with Gasteiger partial charge < -0.3 is 4.57 Å². The molecule has 130 valence electrons. The van der Waals surface area contributed by atoms with Crippen LogP contribution < -0.4 is 4.72 Å². The first-order valence-corrected chi connectivity index (χ1v) is 9.87. The van der Waals surface area contributed by atoms with Crippen LogP contribution in [0.4, 0.5) is 0 Å². The highest BCUT2D eigenvalue weighted by molar-refractivity contribution is 7.89. The average Bonchev–Trinajstić information content (AvgIpc) is 3.08. The van der Waals surface area contributed by atoms with Crippen molar-refractivity contribution in [2.45, 2.75) is 31.2 Å². The maximum Gasteiger partial charge on any atom is 0.241 e. The molecule has 25 heavy (non-hydrogen) atoms. The Labute approximate surface area is 147 Å². The summed E-state index contributed by atoms with van der Waals surface area (Å²) in [7, 11) is -3.58. The smallest absolute Gasteiger partial charge is 0.241 e. The Morgan fingerprint density at radius 2 is 2.12 bits per heavy atom. The molecule has 1 atom stereocenters. The lowest BCUT2D eigenvalue weighted by Crippen LogP contribution is -2.33. The molecule has 0 spiro atoms. The second-order valence-electron chi connectivity index (χ2n) is 6.53. The Morgan fingerprint density at radius 1 is 1.24 bits per heavy atom. The molecule has 0 aliphatic carbocycles. The van der Waals surface area contributed by atoms with E-state index in [-0.39, 0.29) is 5.92 Å². The molecule has 0 saturated carbocycles. The SMILES string of the molecule is Cc1ccc(S(=O)(=O)NC[C@@H]2CCc3nccn3C2)c2cccnc12. The third-order valence-corrected chi connectivity index (χ3v) is 6.30. The number of nitrogens with zero attached hydrogens (tertiary/aromatic N) is 3. The highest BCUT2D eigenvalue weighted by Gasteiger charge is 2.23. The van der Waals surface area contributed by atoms with Gasteiger partial charge in [0.2, 0.25) is 10.0 Å². The van der Waals surface area contributed by atoms with Crippen LogP contribution in [0.5, 0.6) is 0 Å². The molecule has 1 aliphatic heterocycles. The lowest BCUT2D eigenvalue weighted by molar-refractivity contribution is 0.363. The highest BCUT2D eigenvalue weighted by atomic mass is 32.2. The number of aryl methyl sites for hydroxylation is 2. The second kappa shape index (κ2) is 6.24. The Balaban J connectivity index is 1.56. The fourth-order valence-electron chi connectivity index (χ4n) is 3.43. The number of hydrogen-bond acceptors (Lipinski definition) is 4. The highest BCUT2D eigenvalue weighted by Crippen LogP contribution is 2.25. The first kappa shape index (κ1) is 16.2. The van der Waals surface area contributed by atoms with Crippen molar-refractivity contribution in [1.29, 1.82) is 0 Å². The standard InChI is InChI=1S/C18H20N4O2S/c1-13-4-6-16(15-3-2-8-20-18(13)15)25(23,24)21-11-14-5-7-17-19-9-10-22(17)12-14/h2-4,6,8-10,14,21H,5,7,11-12H2,1H3/t14-/m0/s1. The van der Waals surface area contributed by atoms with Crippen LogP contribution in [0.1, 0.15) is 17.8 Å². The lowest BCUT2D eigenvalue weighted by atomic mass is 10.00. The van der Waals surface area contributed by atoms with Gasteiger partial charge in [-0.2, -0.15) is 0 Å². The molecule has 6 nitrogen and oxygen atoms in total. The van der Waals surface area contributed by atoms with Crippen LogP contribution in [0.25, 0.3) is 10.9 Å². The minimum Gasteiger partial charge on any atom is -0.335 e. The Morgan fingerprint density at radius 3 is 3.00 bits per heavy atom. The van der Waals surface area contributed by atoms with Crippen LogP contribution in [0.15, 0.2) is 47.8 Å². The summed E-state index contributed by atoms with van der Waals surface area (Å²) in [5, 5.41) is 0.663. The first-order valence-electron chi connectivity index (χ1n) is 8.38. The summed E-state index contributed by atoms with van der Waals surface area (Å²) in [6, 6.07) is 7.05. The van der Waals surface area contributed by atoms with Crippen molar-refractivity contribution in [2.75, 3.05) is 6.54 Å². The maximum atomic E-state index is 12.8. The van der Waals surface area contributed by atoms with Crippen molar-refractivity contribution in [1.82, 2.24) is 19.3 Å². The molecule has 0 saturated heterocycles. The average molecular weight is 356 g/mol. The van der Waals surface area contributed by atoms with Gasteiger partial charge in [0.1, 0.15) is 5.82 Å². The summed E-state index contributed by atoms with van der Waals surface area (Å²) in [6.07, 6.45) is 7.26. The van der Waals surface area contributed by atoms with Crippen molar-refractivity contribution in [3.63, 3.8) is 0 Å². The molecule has 4 rings (SSSR count). The van der Waals surface area contributed by atoms with Crippen molar-refractivity contribution < 1.29 is 8.42 Å². The number of pyridine rings is 1. The van der Waals surface area contributed by atoms with Gasteiger partial charge in [-0.05, 0) is 43.0 Å². The zero-order valence-electron chi connectivity index (χ0n) is 14.0. The third-order valence-electron chi connectivity index (χ3n) is 4.82. The molecule has 3 heterocycles. The molecule has 3 aromatic rings. The summed E-state index contributed by atoms with van der Waals surface area (Å²) in [5.41, 5.74) is 1.69. The minimum atomic E-state index is -3.58. The Hall–Kier alpha value is -2.25. The maximum absolute atomic E-state index is 12.8. The molecule has 1 N–H and O–H groups in total. The first-order chi connectivity index (χ1) is 12.0. The van der Waals surface area contributed by atoms with Crippen LogP contribution in [0.2, 0.25) is 0 Å². The van der Waals surface area contributed by atoms with E-state index in [1.54, 1.807) is 24.5 Å². The number of sulfonamides is 1. The van der Waals surface area contributed by atoms with Gasteiger partial charge >= 0.3 is 0 Å². The molecule has 0 unspecified atom stereocenters. The number of hydrogen-bond donors (Lipinski definition) is 1. The van der Waals surface area contributed by atoms with Gasteiger partial charge in [0.05, 0.1) is 10.4 Å². The van der Waals surface area contributed by atoms with E-state index in [9.17, 15) is 8.42 Å². The van der Waals surface area contributed by atoms with E-state index in [4.69, 9.17) is 0 Å². The topological polar surface area (TPSA) is 76.9 Å². The van der Waals surface area contributed by atoms with Gasteiger partial charge in [-0.1, -0.05) is 6.07 Å². The van der Waals surface area contributed by atoms with Gasteiger partial charge in [-0.25, -0.2) is 18.1 Å². The van der Waals surface area contributed by atoms with E-state index in [2.05, 4.69) is 19.3 Å². The normalized spacial score (nSPS) is 17.6. The fourth-order valence-corrected chi connectivity index (χ4v) is 4.74. The fraction of sp³-hybridized carbons (Fsp3) is 0.333. The van der Waals surface area contributed by atoms with Crippen LogP contribution in [0, 0.1) is 12.8 Å². The van der Waals surface area contributed by atoms with Gasteiger partial charge in [0, 0.05) is 43.5 Å². The summed E-state index contributed by atoms with van der Waals surface area (Å²) in [4.78, 5) is 8.92. The number of nitrogens with one attached hydrogen (secondary N) is 1. The van der Waals surface area contributed by atoms with Crippen molar-refractivity contribution >= 4 is 20.9 Å². The number of fused-ring (bicyclic) bond motifs is 2. The van der Waals surface area contributed by atoms with Gasteiger partial charge in [-0.15, -0.1) is 0 Å². The van der Waals surface area contributed by atoms with Crippen LogP contribution in [-0.2, 0) is 23.0 Å².